The van der Waals surface area contributed by atoms with Crippen LogP contribution in [-0.4, -0.2) is 22.1 Å². The first-order valence-corrected chi connectivity index (χ1v) is 5.80. The van der Waals surface area contributed by atoms with Gasteiger partial charge in [0.25, 0.3) is 0 Å². The van der Waals surface area contributed by atoms with Gasteiger partial charge in [0.1, 0.15) is 11.6 Å². The summed E-state index contributed by atoms with van der Waals surface area (Å²) in [6, 6.07) is 9.24. The number of pyridine rings is 1. The van der Waals surface area contributed by atoms with Crippen molar-refractivity contribution in [2.75, 3.05) is 7.11 Å². The number of rotatable bonds is 2. The van der Waals surface area contributed by atoms with E-state index in [0.29, 0.717) is 16.4 Å². The normalized spacial score (nSPS) is 10.8. The monoisotopic (exact) mass is 259 g/mol. The molecule has 0 aliphatic heterocycles. The number of aromatic nitrogens is 3. The van der Waals surface area contributed by atoms with Gasteiger partial charge in [0, 0.05) is 11.2 Å². The summed E-state index contributed by atoms with van der Waals surface area (Å²) in [5.74, 6) is 1.40. The maximum absolute atomic E-state index is 5.94. The first kappa shape index (κ1) is 11.0. The average molecular weight is 260 g/mol. The van der Waals surface area contributed by atoms with Crippen molar-refractivity contribution in [3.05, 3.63) is 41.6 Å². The molecule has 3 rings (SSSR count). The molecule has 0 unspecified atom stereocenters. The molecular formula is C13H10ClN3O. The average Bonchev–Trinajstić information content (AvgIpc) is 2.82. The Balaban J connectivity index is 2.19. The number of nitrogens with zero attached hydrogens (tertiary/aromatic N) is 2. The van der Waals surface area contributed by atoms with Crippen LogP contribution in [0.25, 0.3) is 22.6 Å². The van der Waals surface area contributed by atoms with Crippen LogP contribution in [0.2, 0.25) is 5.02 Å². The smallest absolute Gasteiger partial charge is 0.178 e. The van der Waals surface area contributed by atoms with Gasteiger partial charge in [0.05, 0.1) is 18.2 Å². The van der Waals surface area contributed by atoms with Gasteiger partial charge in [-0.1, -0.05) is 11.6 Å². The predicted octanol–water partition coefficient (Wildman–Crippen LogP) is 3.29. The maximum atomic E-state index is 5.94. The lowest BCUT2D eigenvalue weighted by Gasteiger charge is -2.05. The molecule has 3 aromatic rings. The van der Waals surface area contributed by atoms with Crippen molar-refractivity contribution in [1.29, 1.82) is 0 Å². The van der Waals surface area contributed by atoms with Crippen LogP contribution in [0.1, 0.15) is 0 Å². The Bertz CT molecular complexity index is 675. The third-order valence-corrected chi connectivity index (χ3v) is 2.91. The van der Waals surface area contributed by atoms with Gasteiger partial charge in [-0.2, -0.15) is 0 Å². The molecular weight excluding hydrogens is 250 g/mol. The number of methoxy groups -OCH3 is 1. The van der Waals surface area contributed by atoms with E-state index in [1.165, 1.54) is 0 Å². The Morgan fingerprint density at radius 3 is 2.94 bits per heavy atom. The fourth-order valence-corrected chi connectivity index (χ4v) is 2.00. The van der Waals surface area contributed by atoms with Crippen molar-refractivity contribution in [2.45, 2.75) is 0 Å². The highest BCUT2D eigenvalue weighted by Gasteiger charge is 2.11. The summed E-state index contributed by atoms with van der Waals surface area (Å²) in [5.41, 5.74) is 2.44. The fraction of sp³-hybridized carbons (Fsp3) is 0.0769. The molecule has 0 bridgehead atoms. The molecule has 0 amide bonds. The number of nitrogens with one attached hydrogen (secondary N) is 1. The highest BCUT2D eigenvalue weighted by Crippen LogP contribution is 2.31. The molecule has 0 saturated carbocycles. The number of fused-ring (bicyclic) bond motifs is 1. The molecule has 5 heteroatoms. The first-order chi connectivity index (χ1) is 8.78. The summed E-state index contributed by atoms with van der Waals surface area (Å²) in [4.78, 5) is 11.8. The number of hydrogen-bond donors (Lipinski definition) is 1. The van der Waals surface area contributed by atoms with Crippen LogP contribution in [0.3, 0.4) is 0 Å². The van der Waals surface area contributed by atoms with Crippen molar-refractivity contribution < 1.29 is 4.74 Å². The number of aromatic amines is 1. The molecule has 4 nitrogen and oxygen atoms in total. The van der Waals surface area contributed by atoms with E-state index in [2.05, 4.69) is 15.0 Å². The molecule has 0 fully saturated rings. The zero-order valence-corrected chi connectivity index (χ0v) is 10.4. The lowest BCUT2D eigenvalue weighted by atomic mass is 10.2. The Kier molecular flexibility index (Phi) is 2.64. The Morgan fingerprint density at radius 2 is 2.17 bits per heavy atom. The molecule has 90 valence electrons. The SMILES string of the molecule is COc1cc(Cl)ccc1-c1nc2ncccc2[nH]1. The maximum Gasteiger partial charge on any atom is 0.178 e. The number of halogens is 1. The van der Waals surface area contributed by atoms with E-state index in [0.717, 1.165) is 16.9 Å². The number of hydrogen-bond acceptors (Lipinski definition) is 3. The molecule has 0 saturated heterocycles. The summed E-state index contributed by atoms with van der Waals surface area (Å²) in [7, 11) is 1.61. The van der Waals surface area contributed by atoms with Crippen molar-refractivity contribution in [3.63, 3.8) is 0 Å². The summed E-state index contributed by atoms with van der Waals surface area (Å²) in [6.07, 6.45) is 1.71. The molecule has 1 aromatic carbocycles. The topological polar surface area (TPSA) is 50.8 Å². The van der Waals surface area contributed by atoms with Crippen LogP contribution in [0.15, 0.2) is 36.5 Å². The molecule has 18 heavy (non-hydrogen) atoms. The summed E-state index contributed by atoms with van der Waals surface area (Å²) in [5, 5.41) is 0.629. The second-order valence-corrected chi connectivity index (χ2v) is 4.24. The highest BCUT2D eigenvalue weighted by atomic mass is 35.5. The van der Waals surface area contributed by atoms with Crippen LogP contribution < -0.4 is 4.74 Å². The molecule has 0 atom stereocenters. The quantitative estimate of drug-likeness (QED) is 0.768. The molecule has 1 N–H and O–H groups in total. The van der Waals surface area contributed by atoms with Gasteiger partial charge in [0.15, 0.2) is 5.65 Å². The standard InChI is InChI=1S/C13H10ClN3O/c1-18-11-7-8(14)4-5-9(11)12-16-10-3-2-6-15-13(10)17-12/h2-7H,1H3,(H,15,16,17). The predicted molar refractivity (Wildman–Crippen MR) is 70.9 cm³/mol. The third kappa shape index (κ3) is 1.80. The zero-order chi connectivity index (χ0) is 12.5. The Hall–Kier alpha value is -2.07. The van der Waals surface area contributed by atoms with E-state index in [1.807, 2.05) is 18.2 Å². The summed E-state index contributed by atoms with van der Waals surface area (Å²) >= 11 is 5.94. The van der Waals surface area contributed by atoms with Gasteiger partial charge in [-0.3, -0.25) is 0 Å². The van der Waals surface area contributed by atoms with Gasteiger partial charge < -0.3 is 9.72 Å². The second-order valence-electron chi connectivity index (χ2n) is 3.80. The molecule has 0 aliphatic carbocycles. The van der Waals surface area contributed by atoms with Crippen LogP contribution in [0, 0.1) is 0 Å². The minimum atomic E-state index is 0.629. The fourth-order valence-electron chi connectivity index (χ4n) is 1.83. The number of ether oxygens (including phenoxy) is 1. The molecule has 0 aliphatic rings. The molecule has 0 radical (unpaired) electrons. The first-order valence-electron chi connectivity index (χ1n) is 5.42. The van der Waals surface area contributed by atoms with E-state index in [9.17, 15) is 0 Å². The Morgan fingerprint density at radius 1 is 1.28 bits per heavy atom. The van der Waals surface area contributed by atoms with E-state index >= 15 is 0 Å². The second kappa shape index (κ2) is 4.31. The minimum Gasteiger partial charge on any atom is -0.496 e. The minimum absolute atomic E-state index is 0.629. The molecule has 0 spiro atoms. The van der Waals surface area contributed by atoms with Crippen LogP contribution in [-0.2, 0) is 0 Å². The zero-order valence-electron chi connectivity index (χ0n) is 9.64. The largest absolute Gasteiger partial charge is 0.496 e. The van der Waals surface area contributed by atoms with Gasteiger partial charge in [-0.05, 0) is 30.3 Å². The van der Waals surface area contributed by atoms with Gasteiger partial charge in [-0.15, -0.1) is 0 Å². The van der Waals surface area contributed by atoms with Crippen LogP contribution >= 0.6 is 11.6 Å². The number of imidazole rings is 1. The number of benzene rings is 1. The number of H-pyrrole nitrogens is 1. The van der Waals surface area contributed by atoms with Crippen LogP contribution in [0.4, 0.5) is 0 Å². The van der Waals surface area contributed by atoms with Crippen molar-refractivity contribution in [2.24, 2.45) is 0 Å². The third-order valence-electron chi connectivity index (χ3n) is 2.68. The lowest BCUT2D eigenvalue weighted by Crippen LogP contribution is -1.89. The van der Waals surface area contributed by atoms with Gasteiger partial charge >= 0.3 is 0 Å². The molecule has 2 heterocycles. The van der Waals surface area contributed by atoms with Crippen molar-refractivity contribution >= 4 is 22.8 Å². The van der Waals surface area contributed by atoms with E-state index < -0.39 is 0 Å². The highest BCUT2D eigenvalue weighted by molar-refractivity contribution is 6.30. The summed E-state index contributed by atoms with van der Waals surface area (Å²) in [6.45, 7) is 0. The van der Waals surface area contributed by atoms with Gasteiger partial charge in [-0.25, -0.2) is 9.97 Å². The van der Waals surface area contributed by atoms with Crippen molar-refractivity contribution in [1.82, 2.24) is 15.0 Å². The van der Waals surface area contributed by atoms with Gasteiger partial charge in [0.2, 0.25) is 0 Å². The van der Waals surface area contributed by atoms with E-state index in [-0.39, 0.29) is 0 Å². The van der Waals surface area contributed by atoms with E-state index in [1.54, 1.807) is 25.4 Å². The summed E-state index contributed by atoms with van der Waals surface area (Å²) < 4.78 is 5.31. The van der Waals surface area contributed by atoms with E-state index in [4.69, 9.17) is 16.3 Å². The van der Waals surface area contributed by atoms with Crippen molar-refractivity contribution in [3.8, 4) is 17.1 Å². The molecule has 2 aromatic heterocycles. The lowest BCUT2D eigenvalue weighted by molar-refractivity contribution is 0.416. The van der Waals surface area contributed by atoms with Crippen LogP contribution in [0.5, 0.6) is 5.75 Å². The Labute approximate surface area is 109 Å².